The summed E-state index contributed by atoms with van der Waals surface area (Å²) in [5.74, 6) is 0. The van der Waals surface area contributed by atoms with Gasteiger partial charge in [0, 0.05) is 18.7 Å². The van der Waals surface area contributed by atoms with Crippen LogP contribution in [0.25, 0.3) is 0 Å². The predicted molar refractivity (Wildman–Crippen MR) is 26.3 cm³/mol. The molecule has 0 aliphatic rings. The first-order valence-electron chi connectivity index (χ1n) is 1.54. The molecule has 3 nitrogen and oxygen atoms in total. The zero-order chi connectivity index (χ0) is 5.86. The molecule has 0 unspecified atom stereocenters. The van der Waals surface area contributed by atoms with E-state index in [-0.39, 0.29) is 11.8 Å². The summed E-state index contributed by atoms with van der Waals surface area (Å²) in [6.45, 7) is 1.21. The Morgan fingerprint density at radius 2 is 2.00 bits per heavy atom. The number of rotatable bonds is 0. The Morgan fingerprint density at radius 1 is 1.57 bits per heavy atom. The van der Waals surface area contributed by atoms with E-state index in [1.165, 1.54) is 6.92 Å². The molecule has 0 atom stereocenters. The number of thioether (sulfide) groups is 1. The van der Waals surface area contributed by atoms with Gasteiger partial charge < -0.3 is 5.11 Å². The molecule has 0 aromatic heterocycles. The molecule has 0 amide bonds. The van der Waals surface area contributed by atoms with Crippen LogP contribution in [0, 0.1) is 0 Å². The maximum atomic E-state index is 9.84. The lowest BCUT2D eigenvalue weighted by molar-refractivity contribution is -0.109. The first kappa shape index (κ1) is 6.49. The van der Waals surface area contributed by atoms with Crippen molar-refractivity contribution in [2.24, 2.45) is 0 Å². The highest BCUT2D eigenvalue weighted by molar-refractivity contribution is 8.25. The van der Waals surface area contributed by atoms with Crippen molar-refractivity contribution in [3.63, 3.8) is 0 Å². The normalized spacial score (nSPS) is 8.14. The van der Waals surface area contributed by atoms with Gasteiger partial charge in [-0.1, -0.05) is 0 Å². The van der Waals surface area contributed by atoms with Crippen LogP contribution in [0.4, 0.5) is 4.79 Å². The highest BCUT2D eigenvalue weighted by Gasteiger charge is 1.99. The fourth-order valence-electron chi connectivity index (χ4n) is 0.123. The van der Waals surface area contributed by atoms with Crippen molar-refractivity contribution < 1.29 is 14.7 Å². The van der Waals surface area contributed by atoms with Crippen LogP contribution in [-0.2, 0) is 4.79 Å². The van der Waals surface area contributed by atoms with Gasteiger partial charge in [-0.15, -0.1) is 0 Å². The van der Waals surface area contributed by atoms with Crippen molar-refractivity contribution in [3.05, 3.63) is 0 Å². The monoisotopic (exact) mass is 120 g/mol. The van der Waals surface area contributed by atoms with E-state index in [0.717, 1.165) is 0 Å². The lowest BCUT2D eigenvalue weighted by Crippen LogP contribution is -1.88. The molecule has 7 heavy (non-hydrogen) atoms. The van der Waals surface area contributed by atoms with Gasteiger partial charge in [0.1, 0.15) is 0 Å². The predicted octanol–water partition coefficient (Wildman–Crippen LogP) is 0.944. The van der Waals surface area contributed by atoms with Gasteiger partial charge in [-0.3, -0.25) is 4.79 Å². The number of hydrogen-bond donors (Lipinski definition) is 1. The highest BCUT2D eigenvalue weighted by Crippen LogP contribution is 1.99. The Morgan fingerprint density at radius 3 is 2.00 bits per heavy atom. The highest BCUT2D eigenvalue weighted by atomic mass is 32.2. The molecule has 0 saturated carbocycles. The smallest absolute Gasteiger partial charge is 0.372 e. The molecular weight excluding hydrogens is 116 g/mol. The van der Waals surface area contributed by atoms with Gasteiger partial charge in [0.2, 0.25) is 0 Å². The molecule has 40 valence electrons. The zero-order valence-corrected chi connectivity index (χ0v) is 4.49. The summed E-state index contributed by atoms with van der Waals surface area (Å²) < 4.78 is 0. The lowest BCUT2D eigenvalue weighted by atomic mass is 10.9. The first-order chi connectivity index (χ1) is 3.13. The van der Waals surface area contributed by atoms with Crippen molar-refractivity contribution >= 4 is 22.2 Å². The minimum atomic E-state index is -1.15. The third-order valence-corrected chi connectivity index (χ3v) is 0.693. The Hall–Kier alpha value is -0.510. The second-order valence-electron chi connectivity index (χ2n) is 0.860. The molecule has 0 fully saturated rings. The van der Waals surface area contributed by atoms with Crippen LogP contribution in [0.3, 0.4) is 0 Å². The Kier molecular flexibility index (Phi) is 2.44. The van der Waals surface area contributed by atoms with Gasteiger partial charge in [0.25, 0.3) is 0 Å². The topological polar surface area (TPSA) is 54.4 Å². The standard InChI is InChI=1S/C3H4O3S/c1-2(4)7-3(5)6/h1H3,(H,5,6). The molecule has 0 rings (SSSR count). The number of carbonyl (C=O) groups excluding carboxylic acids is 1. The minimum absolute atomic E-state index is 0.287. The summed E-state index contributed by atoms with van der Waals surface area (Å²) in [5.41, 5.74) is 0. The van der Waals surface area contributed by atoms with Gasteiger partial charge in [-0.25, -0.2) is 4.79 Å². The average molecular weight is 120 g/mol. The van der Waals surface area contributed by atoms with E-state index in [0.29, 0.717) is 0 Å². The quantitative estimate of drug-likeness (QED) is 0.517. The molecule has 4 heteroatoms. The molecule has 0 aliphatic heterocycles. The van der Waals surface area contributed by atoms with Crippen molar-refractivity contribution in [1.82, 2.24) is 0 Å². The number of carboxylic acid groups (broad SMARTS) is 1. The fraction of sp³-hybridized carbons (Fsp3) is 0.333. The fourth-order valence-corrected chi connectivity index (χ4v) is 0.369. The largest absolute Gasteiger partial charge is 0.473 e. The molecule has 1 N–H and O–H groups in total. The van der Waals surface area contributed by atoms with E-state index in [9.17, 15) is 9.59 Å². The average Bonchev–Trinajstić information content (AvgIpc) is 1.27. The van der Waals surface area contributed by atoms with Crippen LogP contribution in [-0.4, -0.2) is 15.5 Å². The van der Waals surface area contributed by atoms with Crippen LogP contribution in [0.5, 0.6) is 0 Å². The zero-order valence-electron chi connectivity index (χ0n) is 3.67. The van der Waals surface area contributed by atoms with E-state index in [1.54, 1.807) is 0 Å². The Balaban J connectivity index is 3.32. The summed E-state index contributed by atoms with van der Waals surface area (Å²) in [4.78, 5) is 19.4. The van der Waals surface area contributed by atoms with Gasteiger partial charge in [0.15, 0.2) is 5.12 Å². The van der Waals surface area contributed by atoms with Crippen LogP contribution < -0.4 is 0 Å². The van der Waals surface area contributed by atoms with E-state index in [2.05, 4.69) is 0 Å². The second kappa shape index (κ2) is 2.63. The van der Waals surface area contributed by atoms with Gasteiger partial charge in [-0.2, -0.15) is 0 Å². The molecule has 0 saturated heterocycles. The van der Waals surface area contributed by atoms with Gasteiger partial charge in [0.05, 0.1) is 0 Å². The molecule has 0 bridgehead atoms. The summed E-state index contributed by atoms with van der Waals surface area (Å²) >= 11 is 0.287. The van der Waals surface area contributed by atoms with Crippen molar-refractivity contribution in [3.8, 4) is 0 Å². The van der Waals surface area contributed by atoms with Crippen molar-refractivity contribution in [2.45, 2.75) is 6.92 Å². The summed E-state index contributed by atoms with van der Waals surface area (Å²) in [6, 6.07) is 0. The van der Waals surface area contributed by atoms with Crippen LogP contribution >= 0.6 is 11.8 Å². The molecule has 0 heterocycles. The number of carbonyl (C=O) groups is 2. The van der Waals surface area contributed by atoms with E-state index < -0.39 is 10.4 Å². The van der Waals surface area contributed by atoms with Crippen molar-refractivity contribution in [2.75, 3.05) is 0 Å². The van der Waals surface area contributed by atoms with E-state index >= 15 is 0 Å². The number of hydrogen-bond acceptors (Lipinski definition) is 3. The van der Waals surface area contributed by atoms with Crippen LogP contribution in [0.1, 0.15) is 6.92 Å². The van der Waals surface area contributed by atoms with E-state index in [1.807, 2.05) is 0 Å². The van der Waals surface area contributed by atoms with Gasteiger partial charge in [-0.05, 0) is 0 Å². The molecule has 0 aliphatic carbocycles. The third kappa shape index (κ3) is 5.49. The van der Waals surface area contributed by atoms with Crippen molar-refractivity contribution in [1.29, 1.82) is 0 Å². The molecule has 0 aromatic carbocycles. The Labute approximate surface area is 44.7 Å². The van der Waals surface area contributed by atoms with E-state index in [4.69, 9.17) is 5.11 Å². The summed E-state index contributed by atoms with van der Waals surface area (Å²) in [6.07, 6.45) is 0. The Bertz CT molecular complexity index is 86.4. The summed E-state index contributed by atoms with van der Waals surface area (Å²) in [7, 11) is 0. The maximum absolute atomic E-state index is 9.84. The molecular formula is C3H4O3S. The SMILES string of the molecule is CC(=O)SC(=O)O. The molecule has 0 radical (unpaired) electrons. The third-order valence-electron chi connectivity index (χ3n) is 0.231. The second-order valence-corrected chi connectivity index (χ2v) is 1.99. The van der Waals surface area contributed by atoms with Crippen LogP contribution in [0.2, 0.25) is 0 Å². The summed E-state index contributed by atoms with van der Waals surface area (Å²) in [5, 5.41) is 6.28. The lowest BCUT2D eigenvalue weighted by Gasteiger charge is -1.79. The van der Waals surface area contributed by atoms with Crippen LogP contribution in [0.15, 0.2) is 0 Å². The molecule has 0 spiro atoms. The first-order valence-corrected chi connectivity index (χ1v) is 2.36. The maximum Gasteiger partial charge on any atom is 0.372 e. The molecule has 0 aromatic rings. The van der Waals surface area contributed by atoms with Gasteiger partial charge >= 0.3 is 5.30 Å². The minimum Gasteiger partial charge on any atom is -0.473 e.